The molecular weight excluding hydrogens is 454 g/mol. The van der Waals surface area contributed by atoms with Gasteiger partial charge in [-0.25, -0.2) is 0 Å². The Morgan fingerprint density at radius 3 is 2.72 bits per heavy atom. The Hall–Kier alpha value is -3.15. The first-order valence-corrected chi connectivity index (χ1v) is 11.2. The molecule has 9 nitrogen and oxygen atoms in total. The number of rotatable bonds is 8. The molecule has 0 unspecified atom stereocenters. The van der Waals surface area contributed by atoms with E-state index in [4.69, 9.17) is 5.11 Å². The van der Waals surface area contributed by atoms with Gasteiger partial charge in [0.1, 0.15) is 6.54 Å². The molecule has 0 atom stereocenters. The molecule has 2 N–H and O–H groups in total. The Morgan fingerprint density at radius 1 is 1.28 bits per heavy atom. The van der Waals surface area contributed by atoms with Crippen molar-refractivity contribution in [2.75, 3.05) is 24.2 Å². The fourth-order valence-electron chi connectivity index (χ4n) is 2.88. The molecule has 0 spiro atoms. The number of nitrogens with zero attached hydrogens (tertiary/aromatic N) is 2. The molecule has 166 valence electrons. The van der Waals surface area contributed by atoms with Crippen molar-refractivity contribution in [1.82, 2.24) is 4.90 Å². The minimum atomic E-state index is -0.638. The number of aliphatic hydroxyl groups is 1. The summed E-state index contributed by atoms with van der Waals surface area (Å²) in [5.74, 6) is -0.839. The van der Waals surface area contributed by atoms with Gasteiger partial charge in [0.2, 0.25) is 5.91 Å². The topological polar surface area (TPSA) is 130 Å². The van der Waals surface area contributed by atoms with Crippen LogP contribution in [-0.2, 0) is 9.59 Å². The van der Waals surface area contributed by atoms with Crippen LogP contribution in [0.15, 0.2) is 52.3 Å². The highest BCUT2D eigenvalue weighted by Crippen LogP contribution is 2.35. The molecule has 32 heavy (non-hydrogen) atoms. The molecule has 1 aliphatic heterocycles. The molecule has 2 aromatic rings. The first kappa shape index (κ1) is 23.5. The largest absolute Gasteiger partial charge is 0.396 e. The highest BCUT2D eigenvalue weighted by Gasteiger charge is 2.36. The van der Waals surface area contributed by atoms with Crippen LogP contribution < -0.4 is 5.32 Å². The smallest absolute Gasteiger partial charge is 0.294 e. The van der Waals surface area contributed by atoms with E-state index in [-0.39, 0.29) is 17.2 Å². The number of hydrogen-bond acceptors (Lipinski definition) is 8. The van der Waals surface area contributed by atoms with Gasteiger partial charge in [-0.1, -0.05) is 24.3 Å². The third-order valence-corrected chi connectivity index (χ3v) is 6.37. The minimum Gasteiger partial charge on any atom is -0.396 e. The van der Waals surface area contributed by atoms with E-state index in [0.29, 0.717) is 33.7 Å². The monoisotopic (exact) mass is 473 g/mol. The van der Waals surface area contributed by atoms with Gasteiger partial charge in [-0.2, -0.15) is 0 Å². The lowest BCUT2D eigenvalue weighted by molar-refractivity contribution is -0.387. The summed E-state index contributed by atoms with van der Waals surface area (Å²) in [5.41, 5.74) is 1.65. The molecule has 1 fully saturated rings. The van der Waals surface area contributed by atoms with Crippen LogP contribution in [0.5, 0.6) is 0 Å². The number of anilines is 1. The quantitative estimate of drug-likeness (QED) is 0.257. The molecule has 0 aliphatic carbocycles. The minimum absolute atomic E-state index is 0.0729. The van der Waals surface area contributed by atoms with Crippen molar-refractivity contribution < 1.29 is 24.4 Å². The standard InChI is InChI=1S/C21H19N3O6S2/c1-13-4-2-3-5-15(13)22-19(26)12-23-20(27)18(32-21(23)28)11-14-6-7-17(31-9-8-25)16(10-14)24(29)30/h2-7,10-11,25H,8-9,12H2,1H3,(H,22,26)/b18-11-. The molecule has 0 saturated carbocycles. The molecule has 2 aromatic carbocycles. The fourth-order valence-corrected chi connectivity index (χ4v) is 4.47. The van der Waals surface area contributed by atoms with E-state index in [9.17, 15) is 24.5 Å². The van der Waals surface area contributed by atoms with Crippen molar-refractivity contribution in [3.05, 3.63) is 68.6 Å². The number of carbonyl (C=O) groups excluding carboxylic acids is 3. The van der Waals surface area contributed by atoms with Gasteiger partial charge in [-0.05, 0) is 48.0 Å². The van der Waals surface area contributed by atoms with Crippen molar-refractivity contribution >= 4 is 58.0 Å². The van der Waals surface area contributed by atoms with Gasteiger partial charge in [0.15, 0.2) is 0 Å². The Morgan fingerprint density at radius 2 is 2.03 bits per heavy atom. The highest BCUT2D eigenvalue weighted by molar-refractivity contribution is 8.18. The predicted octanol–water partition coefficient (Wildman–Crippen LogP) is 3.66. The molecule has 3 rings (SSSR count). The van der Waals surface area contributed by atoms with Crippen LogP contribution in [0.2, 0.25) is 0 Å². The van der Waals surface area contributed by atoms with E-state index in [1.165, 1.54) is 18.2 Å². The van der Waals surface area contributed by atoms with Crippen molar-refractivity contribution in [2.24, 2.45) is 0 Å². The first-order chi connectivity index (χ1) is 15.3. The summed E-state index contributed by atoms with van der Waals surface area (Å²) in [6.07, 6.45) is 1.39. The fraction of sp³-hybridized carbons (Fsp3) is 0.190. The van der Waals surface area contributed by atoms with E-state index >= 15 is 0 Å². The number of para-hydroxylation sites is 1. The zero-order valence-corrected chi connectivity index (χ0v) is 18.6. The Bertz CT molecular complexity index is 1120. The number of amides is 3. The van der Waals surface area contributed by atoms with Crippen LogP contribution in [0.1, 0.15) is 11.1 Å². The maximum Gasteiger partial charge on any atom is 0.294 e. The van der Waals surface area contributed by atoms with Gasteiger partial charge in [0.25, 0.3) is 16.8 Å². The van der Waals surface area contributed by atoms with E-state index in [2.05, 4.69) is 5.32 Å². The van der Waals surface area contributed by atoms with Crippen LogP contribution in [-0.4, -0.2) is 50.9 Å². The lowest BCUT2D eigenvalue weighted by Crippen LogP contribution is -2.36. The van der Waals surface area contributed by atoms with Crippen LogP contribution in [0.3, 0.4) is 0 Å². The summed E-state index contributed by atoms with van der Waals surface area (Å²) in [4.78, 5) is 49.4. The number of aliphatic hydroxyl groups excluding tert-OH is 1. The van der Waals surface area contributed by atoms with E-state index in [1.54, 1.807) is 18.2 Å². The molecule has 0 aromatic heterocycles. The van der Waals surface area contributed by atoms with Crippen LogP contribution in [0.25, 0.3) is 6.08 Å². The molecular formula is C21H19N3O6S2. The van der Waals surface area contributed by atoms with Crippen LogP contribution >= 0.6 is 23.5 Å². The first-order valence-electron chi connectivity index (χ1n) is 9.43. The molecule has 0 bridgehead atoms. The zero-order chi connectivity index (χ0) is 23.3. The normalized spacial score (nSPS) is 14.8. The number of imide groups is 1. The van der Waals surface area contributed by atoms with Gasteiger partial charge in [-0.15, -0.1) is 11.8 Å². The summed E-state index contributed by atoms with van der Waals surface area (Å²) < 4.78 is 0. The number of hydrogen-bond donors (Lipinski definition) is 2. The van der Waals surface area contributed by atoms with Gasteiger partial charge >= 0.3 is 0 Å². The predicted molar refractivity (Wildman–Crippen MR) is 123 cm³/mol. The second-order valence-corrected chi connectivity index (χ2v) is 8.82. The Labute approximate surface area is 192 Å². The van der Waals surface area contributed by atoms with Crippen molar-refractivity contribution in [2.45, 2.75) is 11.8 Å². The third-order valence-electron chi connectivity index (χ3n) is 4.42. The van der Waals surface area contributed by atoms with Crippen LogP contribution in [0.4, 0.5) is 16.2 Å². The van der Waals surface area contributed by atoms with Gasteiger partial charge in [-0.3, -0.25) is 29.4 Å². The lowest BCUT2D eigenvalue weighted by atomic mass is 10.2. The summed E-state index contributed by atoms with van der Waals surface area (Å²) in [6, 6.07) is 11.6. The van der Waals surface area contributed by atoms with Crippen molar-refractivity contribution in [1.29, 1.82) is 0 Å². The van der Waals surface area contributed by atoms with E-state index < -0.39 is 28.5 Å². The molecule has 1 heterocycles. The van der Waals surface area contributed by atoms with Gasteiger partial charge in [0, 0.05) is 17.5 Å². The zero-order valence-electron chi connectivity index (χ0n) is 16.9. The maximum absolute atomic E-state index is 12.7. The number of nitrogens with one attached hydrogen (secondary N) is 1. The van der Waals surface area contributed by atoms with Crippen molar-refractivity contribution in [3.8, 4) is 0 Å². The number of carbonyl (C=O) groups is 3. The second kappa shape index (κ2) is 10.4. The molecule has 0 radical (unpaired) electrons. The number of aryl methyl sites for hydroxylation is 1. The molecule has 1 saturated heterocycles. The average molecular weight is 474 g/mol. The number of nitro groups is 1. The lowest BCUT2D eigenvalue weighted by Gasteiger charge is -2.13. The summed E-state index contributed by atoms with van der Waals surface area (Å²) in [6.45, 7) is 1.27. The third kappa shape index (κ3) is 5.55. The summed E-state index contributed by atoms with van der Waals surface area (Å²) in [7, 11) is 0. The number of benzene rings is 2. The molecule has 11 heteroatoms. The molecule has 1 aliphatic rings. The summed E-state index contributed by atoms with van der Waals surface area (Å²) >= 11 is 1.82. The second-order valence-electron chi connectivity index (χ2n) is 6.69. The van der Waals surface area contributed by atoms with E-state index in [0.717, 1.165) is 22.2 Å². The SMILES string of the molecule is Cc1ccccc1NC(=O)CN1C(=O)S/C(=C\c2ccc(SCCO)c([N+](=O)[O-])c2)C1=O. The average Bonchev–Trinajstić information content (AvgIpc) is 3.01. The Kier molecular flexibility index (Phi) is 7.67. The number of nitro benzene ring substituents is 1. The van der Waals surface area contributed by atoms with Crippen LogP contribution in [0, 0.1) is 17.0 Å². The van der Waals surface area contributed by atoms with Gasteiger partial charge < -0.3 is 10.4 Å². The summed E-state index contributed by atoms with van der Waals surface area (Å²) in [5, 5.41) is 22.4. The maximum atomic E-state index is 12.7. The molecule has 3 amide bonds. The van der Waals surface area contributed by atoms with Crippen molar-refractivity contribution in [3.63, 3.8) is 0 Å². The highest BCUT2D eigenvalue weighted by atomic mass is 32.2. The van der Waals surface area contributed by atoms with E-state index in [1.807, 2.05) is 19.1 Å². The van der Waals surface area contributed by atoms with Gasteiger partial charge in [0.05, 0.1) is 21.3 Å². The Balaban J connectivity index is 1.75. The number of thioether (sulfide) groups is 2.